The van der Waals surface area contributed by atoms with Crippen LogP contribution in [0.5, 0.6) is 0 Å². The lowest BCUT2D eigenvalue weighted by Gasteiger charge is -2.22. The molecule has 0 bridgehead atoms. The van der Waals surface area contributed by atoms with E-state index in [2.05, 4.69) is 11.9 Å². The lowest BCUT2D eigenvalue weighted by molar-refractivity contribution is -0.121. The number of ether oxygens (including phenoxy) is 1. The zero-order chi connectivity index (χ0) is 10.4. The maximum Gasteiger partial charge on any atom is 0.139 e. The number of allylic oxidation sites excluding steroid dienone is 1. The minimum Gasteiger partial charge on any atom is -0.375 e. The van der Waals surface area contributed by atoms with Crippen LogP contribution in [-0.4, -0.2) is 31.6 Å². The van der Waals surface area contributed by atoms with Crippen molar-refractivity contribution in [2.75, 3.05) is 19.7 Å². The Labute approximate surface area is 85.5 Å². The molecule has 1 aliphatic heterocycles. The third-order valence-corrected chi connectivity index (χ3v) is 2.41. The lowest BCUT2D eigenvalue weighted by Crippen LogP contribution is -2.39. The molecule has 1 N–H and O–H groups in total. The Balaban J connectivity index is 2.21. The van der Waals surface area contributed by atoms with Gasteiger partial charge in [-0.3, -0.25) is 4.79 Å². The molecule has 1 heterocycles. The van der Waals surface area contributed by atoms with E-state index in [0.717, 1.165) is 25.1 Å². The van der Waals surface area contributed by atoms with Gasteiger partial charge >= 0.3 is 0 Å². The maximum absolute atomic E-state index is 11.5. The first-order valence-electron chi connectivity index (χ1n) is 5.23. The van der Waals surface area contributed by atoms with E-state index < -0.39 is 0 Å². The van der Waals surface area contributed by atoms with E-state index >= 15 is 0 Å². The topological polar surface area (TPSA) is 38.3 Å². The van der Waals surface area contributed by atoms with Gasteiger partial charge in [-0.05, 0) is 6.42 Å². The smallest absolute Gasteiger partial charge is 0.139 e. The zero-order valence-corrected chi connectivity index (χ0v) is 8.84. The molecule has 0 aliphatic carbocycles. The Morgan fingerprint density at radius 3 is 3.00 bits per heavy atom. The van der Waals surface area contributed by atoms with Crippen molar-refractivity contribution >= 4 is 5.78 Å². The number of hydrogen-bond donors (Lipinski definition) is 1. The lowest BCUT2D eigenvalue weighted by atomic mass is 10.0. The molecule has 1 atom stereocenters. The summed E-state index contributed by atoms with van der Waals surface area (Å²) in [5.41, 5.74) is 1.01. The van der Waals surface area contributed by atoms with E-state index in [1.807, 2.05) is 6.92 Å². The summed E-state index contributed by atoms with van der Waals surface area (Å²) in [6.45, 7) is 8.26. The van der Waals surface area contributed by atoms with Crippen LogP contribution in [0.25, 0.3) is 0 Å². The quantitative estimate of drug-likeness (QED) is 0.675. The summed E-state index contributed by atoms with van der Waals surface area (Å²) in [4.78, 5) is 11.5. The summed E-state index contributed by atoms with van der Waals surface area (Å²) in [7, 11) is 0. The highest BCUT2D eigenvalue weighted by atomic mass is 16.5. The first-order chi connectivity index (χ1) is 6.72. The molecule has 1 saturated heterocycles. The highest BCUT2D eigenvalue weighted by molar-refractivity contribution is 5.81. The number of rotatable bonds is 5. The molecule has 1 aliphatic rings. The highest BCUT2D eigenvalue weighted by Gasteiger charge is 2.17. The minimum atomic E-state index is 0.0703. The molecule has 0 aromatic rings. The van der Waals surface area contributed by atoms with Crippen molar-refractivity contribution in [3.63, 3.8) is 0 Å². The van der Waals surface area contributed by atoms with Gasteiger partial charge in [0.25, 0.3) is 0 Å². The van der Waals surface area contributed by atoms with Crippen LogP contribution in [0, 0.1) is 0 Å². The van der Waals surface area contributed by atoms with Crippen LogP contribution in [0.2, 0.25) is 0 Å². The van der Waals surface area contributed by atoms with E-state index in [-0.39, 0.29) is 11.9 Å². The van der Waals surface area contributed by atoms with Gasteiger partial charge in [0, 0.05) is 25.9 Å². The number of Topliss-reactive ketones (excluding diaryl/α,β-unsaturated/α-hetero) is 1. The number of carbonyl (C=O) groups excluding carboxylic acids is 1. The zero-order valence-electron chi connectivity index (χ0n) is 8.84. The number of morpholine rings is 1. The van der Waals surface area contributed by atoms with Crippen molar-refractivity contribution in [3.05, 3.63) is 12.2 Å². The molecule has 0 amide bonds. The second-order valence-electron chi connectivity index (χ2n) is 3.72. The van der Waals surface area contributed by atoms with Crippen LogP contribution in [0.4, 0.5) is 0 Å². The van der Waals surface area contributed by atoms with E-state index in [1.165, 1.54) is 0 Å². The van der Waals surface area contributed by atoms with Crippen LogP contribution < -0.4 is 5.32 Å². The van der Waals surface area contributed by atoms with Crippen molar-refractivity contribution in [2.45, 2.75) is 32.3 Å². The van der Waals surface area contributed by atoms with Crippen LogP contribution in [0.15, 0.2) is 12.2 Å². The van der Waals surface area contributed by atoms with Crippen molar-refractivity contribution in [2.24, 2.45) is 0 Å². The van der Waals surface area contributed by atoms with Gasteiger partial charge in [-0.25, -0.2) is 0 Å². The van der Waals surface area contributed by atoms with Crippen molar-refractivity contribution in [3.8, 4) is 0 Å². The van der Waals surface area contributed by atoms with Gasteiger partial charge < -0.3 is 10.1 Å². The largest absolute Gasteiger partial charge is 0.375 e. The first-order valence-corrected chi connectivity index (χ1v) is 5.23. The number of hydrogen-bond acceptors (Lipinski definition) is 3. The van der Waals surface area contributed by atoms with Crippen molar-refractivity contribution < 1.29 is 9.53 Å². The van der Waals surface area contributed by atoms with Crippen LogP contribution in [-0.2, 0) is 9.53 Å². The average molecular weight is 197 g/mol. The van der Waals surface area contributed by atoms with Gasteiger partial charge in [0.05, 0.1) is 12.7 Å². The van der Waals surface area contributed by atoms with Crippen molar-refractivity contribution in [1.82, 2.24) is 5.32 Å². The molecule has 1 unspecified atom stereocenters. The molecule has 3 heteroatoms. The third-order valence-electron chi connectivity index (χ3n) is 2.41. The molecule has 0 radical (unpaired) electrons. The fourth-order valence-electron chi connectivity index (χ4n) is 1.48. The Bertz CT molecular complexity index is 207. The summed E-state index contributed by atoms with van der Waals surface area (Å²) in [6.07, 6.45) is 1.98. The molecule has 1 rings (SSSR count). The fourth-order valence-corrected chi connectivity index (χ4v) is 1.48. The van der Waals surface area contributed by atoms with E-state index in [0.29, 0.717) is 19.4 Å². The molecule has 1 fully saturated rings. The predicted molar refractivity (Wildman–Crippen MR) is 56.3 cm³/mol. The Morgan fingerprint density at radius 1 is 1.64 bits per heavy atom. The van der Waals surface area contributed by atoms with E-state index in [4.69, 9.17) is 4.74 Å². The number of ketones is 1. The minimum absolute atomic E-state index is 0.0703. The highest BCUT2D eigenvalue weighted by Crippen LogP contribution is 2.09. The van der Waals surface area contributed by atoms with E-state index in [1.54, 1.807) is 0 Å². The molecule has 80 valence electrons. The van der Waals surface area contributed by atoms with Crippen LogP contribution >= 0.6 is 0 Å². The second-order valence-corrected chi connectivity index (χ2v) is 3.72. The molecule has 14 heavy (non-hydrogen) atoms. The van der Waals surface area contributed by atoms with Gasteiger partial charge in [0.2, 0.25) is 0 Å². The molecule has 3 nitrogen and oxygen atoms in total. The van der Waals surface area contributed by atoms with Gasteiger partial charge in [-0.1, -0.05) is 19.1 Å². The summed E-state index contributed by atoms with van der Waals surface area (Å²) in [6, 6.07) is 0. The van der Waals surface area contributed by atoms with Crippen LogP contribution in [0.1, 0.15) is 26.2 Å². The molecule has 0 aromatic heterocycles. The first kappa shape index (κ1) is 11.4. The standard InChI is InChI=1S/C11H19NO2/c1-3-9(2)6-10(13)7-11-8-12-4-5-14-11/h11-12H,2-8H2,1H3. The fraction of sp³-hybridized carbons (Fsp3) is 0.727. The Morgan fingerprint density at radius 2 is 2.43 bits per heavy atom. The van der Waals surface area contributed by atoms with Gasteiger partial charge in [-0.2, -0.15) is 0 Å². The summed E-state index contributed by atoms with van der Waals surface area (Å²) in [5, 5.41) is 3.21. The summed E-state index contributed by atoms with van der Waals surface area (Å²) >= 11 is 0. The summed E-state index contributed by atoms with van der Waals surface area (Å²) in [5.74, 6) is 0.241. The molecule has 0 aromatic carbocycles. The summed E-state index contributed by atoms with van der Waals surface area (Å²) < 4.78 is 5.45. The average Bonchev–Trinajstić information content (AvgIpc) is 2.19. The maximum atomic E-state index is 11.5. The Kier molecular flexibility index (Phi) is 4.84. The second kappa shape index (κ2) is 5.94. The van der Waals surface area contributed by atoms with Gasteiger partial charge in [-0.15, -0.1) is 0 Å². The number of nitrogens with one attached hydrogen (secondary N) is 1. The Hall–Kier alpha value is -0.670. The van der Waals surface area contributed by atoms with Crippen LogP contribution in [0.3, 0.4) is 0 Å². The van der Waals surface area contributed by atoms with E-state index in [9.17, 15) is 4.79 Å². The van der Waals surface area contributed by atoms with Crippen molar-refractivity contribution in [1.29, 1.82) is 0 Å². The molecule has 0 saturated carbocycles. The third kappa shape index (κ3) is 4.03. The molecule has 0 spiro atoms. The normalized spacial score (nSPS) is 21.9. The molecular weight excluding hydrogens is 178 g/mol. The SMILES string of the molecule is C=C(CC)CC(=O)CC1CNCCO1. The molecular formula is C11H19NO2. The monoisotopic (exact) mass is 197 g/mol. The number of carbonyl (C=O) groups is 1. The van der Waals surface area contributed by atoms with Gasteiger partial charge in [0.15, 0.2) is 0 Å². The predicted octanol–water partition coefficient (Wildman–Crippen LogP) is 1.29. The van der Waals surface area contributed by atoms with Gasteiger partial charge in [0.1, 0.15) is 5.78 Å².